The minimum Gasteiger partial charge on any atom is -0.456 e. The van der Waals surface area contributed by atoms with Gasteiger partial charge in [0.1, 0.15) is 16.7 Å². The number of rotatable bonds is 7. The standard InChI is InChI=1S/C49H32N2O2/c1-4-11-33(12-5-1)35-19-21-36(22-20-35)37-23-25-40(26-24-37)51(41-18-10-17-39(29-41)34-13-6-2-7-14-34)42-27-28-43-44-31-45-48(32-47(44)52-46(43)30-42)53-49(50-45)38-15-8-3-9-16-38/h1-32H. The van der Waals surface area contributed by atoms with E-state index < -0.39 is 0 Å². The number of hydrogen-bond donors (Lipinski definition) is 0. The summed E-state index contributed by atoms with van der Waals surface area (Å²) < 4.78 is 12.7. The van der Waals surface area contributed by atoms with Crippen molar-refractivity contribution in [2.75, 3.05) is 4.90 Å². The Bertz CT molecular complexity index is 2860. The third kappa shape index (κ3) is 5.73. The molecule has 0 N–H and O–H groups in total. The maximum absolute atomic E-state index is 6.54. The second kappa shape index (κ2) is 12.9. The van der Waals surface area contributed by atoms with Crippen LogP contribution in [0.15, 0.2) is 203 Å². The average Bonchev–Trinajstić information content (AvgIpc) is 3.82. The van der Waals surface area contributed by atoms with Crippen LogP contribution in [0.2, 0.25) is 0 Å². The zero-order valence-corrected chi connectivity index (χ0v) is 28.7. The third-order valence-corrected chi connectivity index (χ3v) is 9.91. The molecule has 53 heavy (non-hydrogen) atoms. The van der Waals surface area contributed by atoms with Crippen LogP contribution in [-0.4, -0.2) is 4.98 Å². The number of aromatic nitrogens is 1. The summed E-state index contributed by atoms with van der Waals surface area (Å²) in [6, 6.07) is 67.7. The number of nitrogens with zero attached hydrogens (tertiary/aromatic N) is 2. The summed E-state index contributed by atoms with van der Waals surface area (Å²) in [6.07, 6.45) is 0. The molecule has 10 rings (SSSR count). The van der Waals surface area contributed by atoms with Crippen LogP contribution in [0.1, 0.15) is 0 Å². The Balaban J connectivity index is 1.05. The summed E-state index contributed by atoms with van der Waals surface area (Å²) >= 11 is 0. The van der Waals surface area contributed by atoms with Gasteiger partial charge < -0.3 is 13.7 Å². The summed E-state index contributed by atoms with van der Waals surface area (Å²) in [4.78, 5) is 7.10. The zero-order chi connectivity index (χ0) is 35.1. The number of fused-ring (bicyclic) bond motifs is 4. The van der Waals surface area contributed by atoms with Crippen LogP contribution in [0.5, 0.6) is 0 Å². The average molecular weight is 681 g/mol. The monoisotopic (exact) mass is 680 g/mol. The van der Waals surface area contributed by atoms with Crippen LogP contribution in [0.3, 0.4) is 0 Å². The van der Waals surface area contributed by atoms with Crippen LogP contribution in [0.25, 0.3) is 77.9 Å². The lowest BCUT2D eigenvalue weighted by Crippen LogP contribution is -2.10. The van der Waals surface area contributed by atoms with Crippen molar-refractivity contribution in [2.45, 2.75) is 0 Å². The lowest BCUT2D eigenvalue weighted by molar-refractivity contribution is 0.617. The molecule has 8 aromatic carbocycles. The number of anilines is 3. The van der Waals surface area contributed by atoms with E-state index in [2.05, 4.69) is 150 Å². The fourth-order valence-corrected chi connectivity index (χ4v) is 7.22. The highest BCUT2D eigenvalue weighted by atomic mass is 16.4. The normalized spacial score (nSPS) is 11.4. The Morgan fingerprint density at radius 1 is 0.321 bits per heavy atom. The second-order valence-corrected chi connectivity index (χ2v) is 13.2. The first-order valence-electron chi connectivity index (χ1n) is 17.8. The first-order chi connectivity index (χ1) is 26.2. The van der Waals surface area contributed by atoms with Gasteiger partial charge in [-0.05, 0) is 88.0 Å². The first kappa shape index (κ1) is 30.6. The molecule has 0 spiro atoms. The zero-order valence-electron chi connectivity index (χ0n) is 28.7. The van der Waals surface area contributed by atoms with Gasteiger partial charge in [0.15, 0.2) is 5.58 Å². The smallest absolute Gasteiger partial charge is 0.227 e. The molecule has 2 heterocycles. The van der Waals surface area contributed by atoms with Crippen LogP contribution in [-0.2, 0) is 0 Å². The molecule has 10 aromatic rings. The van der Waals surface area contributed by atoms with Gasteiger partial charge in [0.25, 0.3) is 0 Å². The molecule has 0 aliphatic carbocycles. The van der Waals surface area contributed by atoms with Crippen LogP contribution >= 0.6 is 0 Å². The van der Waals surface area contributed by atoms with Crippen molar-refractivity contribution >= 4 is 50.1 Å². The van der Waals surface area contributed by atoms with E-state index in [0.717, 1.165) is 61.2 Å². The second-order valence-electron chi connectivity index (χ2n) is 13.2. The topological polar surface area (TPSA) is 42.4 Å². The molecular weight excluding hydrogens is 649 g/mol. The van der Waals surface area contributed by atoms with Gasteiger partial charge in [0.05, 0.1) is 0 Å². The van der Waals surface area contributed by atoms with E-state index in [1.807, 2.05) is 48.5 Å². The van der Waals surface area contributed by atoms with E-state index in [4.69, 9.17) is 13.8 Å². The molecule has 2 aromatic heterocycles. The van der Waals surface area contributed by atoms with Gasteiger partial charge in [0, 0.05) is 45.5 Å². The number of oxazole rings is 1. The van der Waals surface area contributed by atoms with Crippen molar-refractivity contribution in [3.8, 4) is 44.8 Å². The lowest BCUT2D eigenvalue weighted by atomic mass is 10.00. The molecule has 0 aliphatic rings. The lowest BCUT2D eigenvalue weighted by Gasteiger charge is -2.26. The number of benzene rings is 8. The fraction of sp³-hybridized carbons (Fsp3) is 0. The van der Waals surface area contributed by atoms with Crippen LogP contribution in [0.4, 0.5) is 17.1 Å². The van der Waals surface area contributed by atoms with Gasteiger partial charge in [0.2, 0.25) is 5.89 Å². The first-order valence-corrected chi connectivity index (χ1v) is 17.8. The van der Waals surface area contributed by atoms with Crippen LogP contribution < -0.4 is 4.90 Å². The van der Waals surface area contributed by atoms with E-state index in [1.165, 1.54) is 22.3 Å². The Morgan fingerprint density at radius 2 is 0.830 bits per heavy atom. The van der Waals surface area contributed by atoms with E-state index in [-0.39, 0.29) is 0 Å². The molecule has 0 unspecified atom stereocenters. The van der Waals surface area contributed by atoms with Gasteiger partial charge in [-0.2, -0.15) is 0 Å². The molecule has 0 amide bonds. The molecule has 0 bridgehead atoms. The SMILES string of the molecule is c1ccc(-c2ccc(-c3ccc(N(c4cccc(-c5ccccc5)c4)c4ccc5c(c4)oc4cc6oc(-c7ccccc7)nc6cc45)cc3)cc2)cc1. The molecule has 0 saturated heterocycles. The van der Waals surface area contributed by atoms with Gasteiger partial charge in [-0.3, -0.25) is 0 Å². The highest BCUT2D eigenvalue weighted by Crippen LogP contribution is 2.41. The van der Waals surface area contributed by atoms with Gasteiger partial charge in [-0.1, -0.05) is 127 Å². The molecule has 0 atom stereocenters. The third-order valence-electron chi connectivity index (χ3n) is 9.91. The number of hydrogen-bond acceptors (Lipinski definition) is 4. The van der Waals surface area contributed by atoms with Gasteiger partial charge >= 0.3 is 0 Å². The Morgan fingerprint density at radius 3 is 1.49 bits per heavy atom. The Hall–Kier alpha value is -7.17. The predicted molar refractivity (Wildman–Crippen MR) is 218 cm³/mol. The molecule has 250 valence electrons. The predicted octanol–water partition coefficient (Wildman–Crippen LogP) is 13.9. The van der Waals surface area contributed by atoms with Crippen molar-refractivity contribution < 1.29 is 8.83 Å². The molecular formula is C49H32N2O2. The molecule has 0 aliphatic heterocycles. The number of furan rings is 1. The van der Waals surface area contributed by atoms with Crippen molar-refractivity contribution in [1.29, 1.82) is 0 Å². The summed E-state index contributed by atoms with van der Waals surface area (Å²) in [7, 11) is 0. The minimum atomic E-state index is 0.600. The van der Waals surface area contributed by atoms with Crippen molar-refractivity contribution in [3.05, 3.63) is 194 Å². The van der Waals surface area contributed by atoms with Crippen molar-refractivity contribution in [1.82, 2.24) is 4.98 Å². The highest BCUT2D eigenvalue weighted by Gasteiger charge is 2.18. The Kier molecular flexibility index (Phi) is 7.43. The minimum absolute atomic E-state index is 0.600. The van der Waals surface area contributed by atoms with Crippen molar-refractivity contribution in [3.63, 3.8) is 0 Å². The largest absolute Gasteiger partial charge is 0.456 e. The Labute approximate surface area is 306 Å². The van der Waals surface area contributed by atoms with E-state index in [0.29, 0.717) is 11.5 Å². The molecule has 0 fully saturated rings. The van der Waals surface area contributed by atoms with E-state index in [1.54, 1.807) is 0 Å². The maximum Gasteiger partial charge on any atom is 0.227 e. The summed E-state index contributed by atoms with van der Waals surface area (Å²) in [5.41, 5.74) is 14.2. The van der Waals surface area contributed by atoms with Crippen molar-refractivity contribution in [2.24, 2.45) is 0 Å². The van der Waals surface area contributed by atoms with E-state index in [9.17, 15) is 0 Å². The van der Waals surface area contributed by atoms with Crippen LogP contribution in [0, 0.1) is 0 Å². The highest BCUT2D eigenvalue weighted by molar-refractivity contribution is 6.09. The molecule has 4 nitrogen and oxygen atoms in total. The van der Waals surface area contributed by atoms with E-state index >= 15 is 0 Å². The fourth-order valence-electron chi connectivity index (χ4n) is 7.22. The van der Waals surface area contributed by atoms with Gasteiger partial charge in [-0.15, -0.1) is 0 Å². The molecule has 0 saturated carbocycles. The summed E-state index contributed by atoms with van der Waals surface area (Å²) in [5.74, 6) is 0.600. The molecule has 0 radical (unpaired) electrons. The maximum atomic E-state index is 6.54. The van der Waals surface area contributed by atoms with Gasteiger partial charge in [-0.25, -0.2) is 4.98 Å². The summed E-state index contributed by atoms with van der Waals surface area (Å²) in [6.45, 7) is 0. The quantitative estimate of drug-likeness (QED) is 0.168. The molecule has 4 heteroatoms. The summed E-state index contributed by atoms with van der Waals surface area (Å²) in [5, 5.41) is 2.04.